The monoisotopic (exact) mass is 448 g/mol. The molecule has 2 fully saturated rings. The molecule has 7 nitrogen and oxygen atoms in total. The highest BCUT2D eigenvalue weighted by molar-refractivity contribution is 5.56. The lowest BCUT2D eigenvalue weighted by Gasteiger charge is -2.55. The van der Waals surface area contributed by atoms with Crippen LogP contribution in [0.5, 0.6) is 0 Å². The summed E-state index contributed by atoms with van der Waals surface area (Å²) in [6.07, 6.45) is 5.60. The Morgan fingerprint density at radius 1 is 1.09 bits per heavy atom. The fraction of sp³-hybridized carbons (Fsp3) is 0.500. The van der Waals surface area contributed by atoms with Crippen LogP contribution in [0.2, 0.25) is 0 Å². The summed E-state index contributed by atoms with van der Waals surface area (Å²) in [6.45, 7) is 7.97. The van der Waals surface area contributed by atoms with Gasteiger partial charge >= 0.3 is 0 Å². The second-order valence-corrected chi connectivity index (χ2v) is 10.5. The molecule has 1 saturated carbocycles. The smallest absolute Gasteiger partial charge is 0.258 e. The third-order valence-corrected chi connectivity index (χ3v) is 7.53. The summed E-state index contributed by atoms with van der Waals surface area (Å²) >= 11 is 0. The Bertz CT molecular complexity index is 1150. The van der Waals surface area contributed by atoms with Gasteiger partial charge in [0.1, 0.15) is 11.2 Å². The van der Waals surface area contributed by atoms with Gasteiger partial charge in [-0.3, -0.25) is 4.98 Å². The van der Waals surface area contributed by atoms with E-state index in [1.54, 1.807) is 12.4 Å². The lowest BCUT2D eigenvalue weighted by molar-refractivity contribution is -0.127. The molecule has 1 saturated heterocycles. The molecule has 0 bridgehead atoms. The summed E-state index contributed by atoms with van der Waals surface area (Å²) in [5, 5.41) is 27.0. The Morgan fingerprint density at radius 2 is 1.79 bits per heavy atom. The molecule has 1 unspecified atom stereocenters. The van der Waals surface area contributed by atoms with Gasteiger partial charge < -0.3 is 19.6 Å². The van der Waals surface area contributed by atoms with Crippen molar-refractivity contribution >= 4 is 0 Å². The zero-order chi connectivity index (χ0) is 23.4. The zero-order valence-corrected chi connectivity index (χ0v) is 19.7. The van der Waals surface area contributed by atoms with E-state index in [-0.39, 0.29) is 11.3 Å². The number of nitrogens with zero attached hydrogens (tertiary/aromatic N) is 4. The molecular weight excluding hydrogens is 416 g/mol. The number of likely N-dealkylation sites (tertiary alicyclic amines) is 1. The molecule has 3 heterocycles. The molecule has 7 heteroatoms. The van der Waals surface area contributed by atoms with Crippen LogP contribution < -0.4 is 0 Å². The lowest BCUT2D eigenvalue weighted by atomic mass is 9.62. The van der Waals surface area contributed by atoms with Gasteiger partial charge in [0.25, 0.3) is 5.89 Å². The Kier molecular flexibility index (Phi) is 5.19. The summed E-state index contributed by atoms with van der Waals surface area (Å²) in [4.78, 5) is 11.1. The van der Waals surface area contributed by atoms with Gasteiger partial charge in [-0.15, -0.1) is 0 Å². The van der Waals surface area contributed by atoms with Crippen LogP contribution in [0.25, 0.3) is 11.4 Å². The van der Waals surface area contributed by atoms with Crippen molar-refractivity contribution in [2.75, 3.05) is 20.1 Å². The molecule has 2 N–H and O–H groups in total. The van der Waals surface area contributed by atoms with Crippen molar-refractivity contribution in [2.45, 2.75) is 57.2 Å². The molecule has 2 aromatic heterocycles. The fourth-order valence-corrected chi connectivity index (χ4v) is 5.36. The van der Waals surface area contributed by atoms with Crippen LogP contribution in [0.3, 0.4) is 0 Å². The highest BCUT2D eigenvalue weighted by Gasteiger charge is 2.55. The van der Waals surface area contributed by atoms with Gasteiger partial charge in [0.15, 0.2) is 0 Å². The van der Waals surface area contributed by atoms with Gasteiger partial charge in [0, 0.05) is 42.0 Å². The van der Waals surface area contributed by atoms with Crippen LogP contribution in [0.15, 0.2) is 47.2 Å². The van der Waals surface area contributed by atoms with Gasteiger partial charge in [-0.25, -0.2) is 0 Å². The van der Waals surface area contributed by atoms with E-state index in [2.05, 4.69) is 60.0 Å². The van der Waals surface area contributed by atoms with Gasteiger partial charge in [0.2, 0.25) is 5.82 Å². The van der Waals surface area contributed by atoms with Crippen molar-refractivity contribution in [3.05, 3.63) is 65.3 Å². The molecule has 0 spiro atoms. The first-order valence-corrected chi connectivity index (χ1v) is 11.7. The molecule has 174 valence electrons. The van der Waals surface area contributed by atoms with E-state index < -0.39 is 11.2 Å². The minimum absolute atomic E-state index is 0.251. The van der Waals surface area contributed by atoms with Crippen molar-refractivity contribution < 1.29 is 14.7 Å². The third kappa shape index (κ3) is 3.50. The topological polar surface area (TPSA) is 95.5 Å². The van der Waals surface area contributed by atoms with Gasteiger partial charge in [0.05, 0.1) is 0 Å². The minimum Gasteiger partial charge on any atom is -0.380 e. The van der Waals surface area contributed by atoms with Gasteiger partial charge in [-0.1, -0.05) is 50.2 Å². The molecule has 2 aliphatic rings. The first-order valence-electron chi connectivity index (χ1n) is 11.7. The van der Waals surface area contributed by atoms with Gasteiger partial charge in [-0.2, -0.15) is 4.98 Å². The van der Waals surface area contributed by atoms with Crippen LogP contribution >= 0.6 is 0 Å². The maximum absolute atomic E-state index is 12.4. The number of aromatic nitrogens is 3. The average molecular weight is 449 g/mol. The summed E-state index contributed by atoms with van der Waals surface area (Å²) in [5.41, 5.74) is 0.789. The standard InChI is InChI=1S/C26H32N4O3/c1-17(2)18-6-8-20(9-7-18)26(32,24(3)15-30(4)16-24)21-12-19(13-27-14-21)22-28-23(33-29-22)25(31)10-5-11-25/h6-9,12-14,17,31-32H,5,10-11,15-16H2,1-4H3. The Morgan fingerprint density at radius 3 is 2.36 bits per heavy atom. The minimum atomic E-state index is -1.24. The van der Waals surface area contributed by atoms with Crippen molar-refractivity contribution in [2.24, 2.45) is 5.41 Å². The molecular formula is C26H32N4O3. The van der Waals surface area contributed by atoms with Crippen molar-refractivity contribution in [1.82, 2.24) is 20.0 Å². The first-order chi connectivity index (χ1) is 15.6. The quantitative estimate of drug-likeness (QED) is 0.592. The summed E-state index contributed by atoms with van der Waals surface area (Å²) in [6, 6.07) is 10.2. The number of hydrogen-bond acceptors (Lipinski definition) is 7. The van der Waals surface area contributed by atoms with Crippen molar-refractivity contribution in [3.8, 4) is 11.4 Å². The third-order valence-electron chi connectivity index (χ3n) is 7.53. The Hall–Kier alpha value is -2.61. The maximum Gasteiger partial charge on any atom is 0.258 e. The fourth-order valence-electron chi connectivity index (χ4n) is 5.36. The van der Waals surface area contributed by atoms with Crippen molar-refractivity contribution in [1.29, 1.82) is 0 Å². The SMILES string of the molecule is CC(C)c1ccc(C(O)(c2cncc(-c3noc(C4(O)CCC4)n3)c2)C2(C)CN(C)C2)cc1. The zero-order valence-electron chi connectivity index (χ0n) is 19.7. The van der Waals surface area contributed by atoms with E-state index in [9.17, 15) is 10.2 Å². The van der Waals surface area contributed by atoms with E-state index in [0.29, 0.717) is 35.7 Å². The van der Waals surface area contributed by atoms with Crippen molar-refractivity contribution in [3.63, 3.8) is 0 Å². The average Bonchev–Trinajstić information content (AvgIpc) is 3.27. The summed E-state index contributed by atoms with van der Waals surface area (Å²) in [7, 11) is 2.06. The summed E-state index contributed by atoms with van der Waals surface area (Å²) < 4.78 is 5.38. The molecule has 1 atom stereocenters. The Labute approximate surface area is 194 Å². The molecule has 5 rings (SSSR count). The summed E-state index contributed by atoms with van der Waals surface area (Å²) in [5.74, 6) is 1.04. The highest BCUT2D eigenvalue weighted by Crippen LogP contribution is 2.50. The molecule has 0 radical (unpaired) electrons. The largest absolute Gasteiger partial charge is 0.380 e. The molecule has 1 aliphatic heterocycles. The highest BCUT2D eigenvalue weighted by atomic mass is 16.5. The Balaban J connectivity index is 1.56. The number of rotatable bonds is 6. The maximum atomic E-state index is 12.4. The van der Waals surface area contributed by atoms with Gasteiger partial charge in [-0.05, 0) is 49.4 Å². The normalized spacial score (nSPS) is 21.3. The number of pyridine rings is 1. The van der Waals surface area contributed by atoms with E-state index in [1.165, 1.54) is 5.56 Å². The van der Waals surface area contributed by atoms with E-state index in [1.807, 2.05) is 18.2 Å². The number of hydrogen-bond donors (Lipinski definition) is 2. The lowest BCUT2D eigenvalue weighted by Crippen LogP contribution is -2.63. The van der Waals surface area contributed by atoms with Crippen LogP contribution in [0.1, 0.15) is 68.5 Å². The molecule has 33 heavy (non-hydrogen) atoms. The van der Waals surface area contributed by atoms with Crippen LogP contribution in [-0.4, -0.2) is 50.4 Å². The second kappa shape index (κ2) is 7.72. The van der Waals surface area contributed by atoms with E-state index in [4.69, 9.17) is 4.52 Å². The van der Waals surface area contributed by atoms with E-state index >= 15 is 0 Å². The number of aliphatic hydroxyl groups is 2. The van der Waals surface area contributed by atoms with Crippen LogP contribution in [0, 0.1) is 5.41 Å². The molecule has 0 amide bonds. The van der Waals surface area contributed by atoms with E-state index in [0.717, 1.165) is 25.1 Å². The first kappa shape index (κ1) is 22.2. The number of benzene rings is 1. The van der Waals surface area contributed by atoms with Crippen LogP contribution in [-0.2, 0) is 11.2 Å². The molecule has 1 aromatic carbocycles. The predicted octanol–water partition coefficient (Wildman–Crippen LogP) is 3.81. The second-order valence-electron chi connectivity index (χ2n) is 10.5. The molecule has 1 aliphatic carbocycles. The van der Waals surface area contributed by atoms with Crippen LogP contribution in [0.4, 0.5) is 0 Å². The molecule has 3 aromatic rings. The predicted molar refractivity (Wildman–Crippen MR) is 124 cm³/mol.